The summed E-state index contributed by atoms with van der Waals surface area (Å²) in [5.74, 6) is -5.19. The summed E-state index contributed by atoms with van der Waals surface area (Å²) in [6, 6.07) is 5.97. The van der Waals surface area contributed by atoms with E-state index in [9.17, 15) is 24.0 Å². The summed E-state index contributed by atoms with van der Waals surface area (Å²) in [7, 11) is 0. The van der Waals surface area contributed by atoms with Crippen molar-refractivity contribution in [3.63, 3.8) is 0 Å². The maximum Gasteiger partial charge on any atom is 0.338 e. The molecule has 2 fully saturated rings. The number of fused-ring (bicyclic) bond motifs is 5. The van der Waals surface area contributed by atoms with Gasteiger partial charge in [-0.05, 0) is 31.2 Å². The lowest BCUT2D eigenvalue weighted by Gasteiger charge is -2.34. The number of anilines is 1. The van der Waals surface area contributed by atoms with Gasteiger partial charge in [-0.1, -0.05) is 12.1 Å². The molecule has 0 saturated carbocycles. The summed E-state index contributed by atoms with van der Waals surface area (Å²) in [5.41, 5.74) is -1.25. The van der Waals surface area contributed by atoms with Crippen LogP contribution in [0.1, 0.15) is 31.1 Å². The van der Waals surface area contributed by atoms with E-state index in [0.717, 1.165) is 18.7 Å². The van der Waals surface area contributed by atoms with E-state index >= 15 is 0 Å². The predicted octanol–water partition coefficient (Wildman–Crippen LogP) is 1.13. The minimum absolute atomic E-state index is 0.176. The van der Waals surface area contributed by atoms with Crippen LogP contribution in [-0.2, 0) is 38.1 Å². The van der Waals surface area contributed by atoms with Crippen molar-refractivity contribution in [3.8, 4) is 0 Å². The molecule has 0 spiro atoms. The summed E-state index contributed by atoms with van der Waals surface area (Å²) in [4.78, 5) is 63.1. The molecule has 3 aliphatic heterocycles. The van der Waals surface area contributed by atoms with Gasteiger partial charge in [-0.2, -0.15) is 0 Å². The van der Waals surface area contributed by atoms with E-state index in [1.54, 1.807) is 13.0 Å². The topological polar surface area (TPSA) is 126 Å². The van der Waals surface area contributed by atoms with Crippen LogP contribution in [-0.4, -0.2) is 54.3 Å². The lowest BCUT2D eigenvalue weighted by molar-refractivity contribution is -0.226. The van der Waals surface area contributed by atoms with E-state index in [-0.39, 0.29) is 17.9 Å². The van der Waals surface area contributed by atoms with Crippen molar-refractivity contribution in [2.75, 3.05) is 11.5 Å². The molecule has 0 radical (unpaired) electrons. The Hall–Kier alpha value is -3.53. The molecule has 1 aromatic rings. The van der Waals surface area contributed by atoms with Crippen LogP contribution in [0.3, 0.4) is 0 Å². The van der Waals surface area contributed by atoms with Crippen LogP contribution in [0.4, 0.5) is 5.69 Å². The summed E-state index contributed by atoms with van der Waals surface area (Å²) >= 11 is 0. The SMILES string of the molecule is CCOC(=O)c1cccc(N2C(=O)[C@@H]3[C@@H]4C=C[C@@](C(OC(C)=O)OC(C)=O)(O4)[C@@H]3C2=O)c1. The van der Waals surface area contributed by atoms with Crippen molar-refractivity contribution in [1.82, 2.24) is 0 Å². The molecule has 3 aliphatic rings. The van der Waals surface area contributed by atoms with E-state index in [1.807, 2.05) is 0 Å². The van der Waals surface area contributed by atoms with Gasteiger partial charge >= 0.3 is 17.9 Å². The minimum atomic E-state index is -1.63. The molecular weight excluding hydrogens is 422 g/mol. The first-order chi connectivity index (χ1) is 15.2. The third-order valence-electron chi connectivity index (χ3n) is 5.61. The van der Waals surface area contributed by atoms with Gasteiger partial charge < -0.3 is 18.9 Å². The third kappa shape index (κ3) is 3.27. The summed E-state index contributed by atoms with van der Waals surface area (Å²) in [6.45, 7) is 4.10. The number of ether oxygens (including phenoxy) is 4. The van der Waals surface area contributed by atoms with Gasteiger partial charge in [0.1, 0.15) is 0 Å². The van der Waals surface area contributed by atoms with Crippen molar-refractivity contribution in [3.05, 3.63) is 42.0 Å². The zero-order valence-corrected chi connectivity index (χ0v) is 17.6. The molecule has 3 heterocycles. The first-order valence-electron chi connectivity index (χ1n) is 10.1. The van der Waals surface area contributed by atoms with Crippen LogP contribution < -0.4 is 4.90 Å². The Morgan fingerprint density at radius 2 is 1.81 bits per heavy atom. The number of carbonyl (C=O) groups is 5. The van der Waals surface area contributed by atoms with Gasteiger partial charge in [-0.15, -0.1) is 0 Å². The number of nitrogens with zero attached hydrogens (tertiary/aromatic N) is 1. The van der Waals surface area contributed by atoms with E-state index in [2.05, 4.69) is 0 Å². The monoisotopic (exact) mass is 443 g/mol. The fourth-order valence-electron chi connectivity index (χ4n) is 4.46. The normalized spacial score (nSPS) is 27.6. The number of carbonyl (C=O) groups excluding carboxylic acids is 5. The van der Waals surface area contributed by atoms with E-state index in [0.29, 0.717) is 0 Å². The smallest absolute Gasteiger partial charge is 0.338 e. The van der Waals surface area contributed by atoms with Crippen molar-refractivity contribution < 1.29 is 42.9 Å². The first-order valence-corrected chi connectivity index (χ1v) is 10.1. The van der Waals surface area contributed by atoms with Gasteiger partial charge in [0.2, 0.25) is 11.8 Å². The molecular formula is C22H21NO9. The van der Waals surface area contributed by atoms with Crippen LogP contribution in [0, 0.1) is 11.8 Å². The average Bonchev–Trinajstić information content (AvgIpc) is 3.38. The maximum absolute atomic E-state index is 13.5. The molecule has 0 N–H and O–H groups in total. The minimum Gasteiger partial charge on any atom is -0.462 e. The summed E-state index contributed by atoms with van der Waals surface area (Å²) in [6.07, 6.45) is 0.781. The van der Waals surface area contributed by atoms with Crippen molar-refractivity contribution in [1.29, 1.82) is 0 Å². The third-order valence-corrected chi connectivity index (χ3v) is 5.61. The zero-order chi connectivity index (χ0) is 23.2. The molecule has 32 heavy (non-hydrogen) atoms. The predicted molar refractivity (Wildman–Crippen MR) is 106 cm³/mol. The Morgan fingerprint density at radius 1 is 1.12 bits per heavy atom. The lowest BCUT2D eigenvalue weighted by atomic mass is 9.76. The fourth-order valence-corrected chi connectivity index (χ4v) is 4.46. The Bertz CT molecular complexity index is 1030. The molecule has 4 rings (SSSR count). The van der Waals surface area contributed by atoms with Crippen LogP contribution in [0.25, 0.3) is 0 Å². The number of amides is 2. The maximum atomic E-state index is 13.5. The van der Waals surface area contributed by atoms with Crippen molar-refractivity contribution in [2.45, 2.75) is 38.8 Å². The fraction of sp³-hybridized carbons (Fsp3) is 0.409. The van der Waals surface area contributed by atoms with Crippen LogP contribution in [0.15, 0.2) is 36.4 Å². The number of imide groups is 1. The van der Waals surface area contributed by atoms with E-state index in [1.165, 1.54) is 30.3 Å². The molecule has 1 aromatic carbocycles. The number of hydrogen-bond acceptors (Lipinski definition) is 9. The molecule has 10 nitrogen and oxygen atoms in total. The Kier molecular flexibility index (Phi) is 5.33. The number of benzene rings is 1. The number of hydrogen-bond donors (Lipinski definition) is 0. The highest BCUT2D eigenvalue weighted by molar-refractivity contribution is 6.23. The average molecular weight is 443 g/mol. The Morgan fingerprint density at radius 3 is 2.44 bits per heavy atom. The molecule has 168 valence electrons. The highest BCUT2D eigenvalue weighted by Crippen LogP contribution is 2.54. The van der Waals surface area contributed by atoms with Crippen LogP contribution >= 0.6 is 0 Å². The van der Waals surface area contributed by atoms with Crippen LogP contribution in [0.5, 0.6) is 0 Å². The molecule has 0 unspecified atom stereocenters. The first kappa shape index (κ1) is 21.7. The quantitative estimate of drug-likeness (QED) is 0.275. The second-order valence-corrected chi connectivity index (χ2v) is 7.63. The molecule has 0 aromatic heterocycles. The van der Waals surface area contributed by atoms with E-state index < -0.39 is 59.6 Å². The number of esters is 3. The van der Waals surface area contributed by atoms with E-state index in [4.69, 9.17) is 18.9 Å². The van der Waals surface area contributed by atoms with Crippen molar-refractivity contribution >= 4 is 35.4 Å². The van der Waals surface area contributed by atoms with Gasteiger partial charge in [0.05, 0.1) is 35.8 Å². The Balaban J connectivity index is 1.71. The molecule has 10 heteroatoms. The van der Waals surface area contributed by atoms with Gasteiger partial charge in [0.15, 0.2) is 5.60 Å². The Labute approximate surface area is 183 Å². The number of rotatable bonds is 6. The molecule has 2 saturated heterocycles. The van der Waals surface area contributed by atoms with Gasteiger partial charge in [-0.25, -0.2) is 9.69 Å². The van der Waals surface area contributed by atoms with Crippen molar-refractivity contribution in [2.24, 2.45) is 11.8 Å². The molecule has 2 bridgehead atoms. The highest BCUT2D eigenvalue weighted by atomic mass is 16.7. The highest BCUT2D eigenvalue weighted by Gasteiger charge is 2.72. The lowest BCUT2D eigenvalue weighted by Crippen LogP contribution is -2.52. The standard InChI is InChI=1S/C22H21NO9/c1-4-29-20(28)13-6-5-7-14(10-13)23-18(26)16-15-8-9-22(32-15,17(16)19(23)27)21(30-11(2)24)31-12(3)25/h5-10,15-17,21H,4H2,1-3H3/t15-,16+,17-,22+/m0/s1. The summed E-state index contributed by atoms with van der Waals surface area (Å²) < 4.78 is 21.2. The van der Waals surface area contributed by atoms with Gasteiger partial charge in [-0.3, -0.25) is 19.2 Å². The molecule has 0 aliphatic carbocycles. The second kappa shape index (κ2) is 7.86. The largest absolute Gasteiger partial charge is 0.462 e. The molecule has 4 atom stereocenters. The molecule has 2 amide bonds. The second-order valence-electron chi connectivity index (χ2n) is 7.63. The zero-order valence-electron chi connectivity index (χ0n) is 17.6. The van der Waals surface area contributed by atoms with Gasteiger partial charge in [0.25, 0.3) is 6.29 Å². The van der Waals surface area contributed by atoms with Gasteiger partial charge in [0, 0.05) is 13.8 Å². The van der Waals surface area contributed by atoms with Crippen LogP contribution in [0.2, 0.25) is 0 Å². The summed E-state index contributed by atoms with van der Waals surface area (Å²) in [5, 5.41) is 0.